The number of hydrogen-bond donors (Lipinski definition) is 0. The van der Waals surface area contributed by atoms with Crippen molar-refractivity contribution in [2.24, 2.45) is 0 Å². The van der Waals surface area contributed by atoms with Gasteiger partial charge in [0, 0.05) is 31.6 Å². The van der Waals surface area contributed by atoms with Crippen molar-refractivity contribution in [2.75, 3.05) is 31.5 Å². The van der Waals surface area contributed by atoms with Gasteiger partial charge in [0.1, 0.15) is 0 Å². The number of nitrogens with zero attached hydrogens (tertiary/aromatic N) is 2. The van der Waals surface area contributed by atoms with Gasteiger partial charge >= 0.3 is 0 Å². The third-order valence-corrected chi connectivity index (χ3v) is 3.96. The van der Waals surface area contributed by atoms with Gasteiger partial charge in [0.2, 0.25) is 5.91 Å². The lowest BCUT2D eigenvalue weighted by molar-refractivity contribution is -0.129. The van der Waals surface area contributed by atoms with E-state index in [0.29, 0.717) is 31.5 Å². The summed E-state index contributed by atoms with van der Waals surface area (Å²) in [4.78, 5) is 27.1. The largest absolute Gasteiger partial charge is 0.338 e. The molecule has 0 saturated carbocycles. The molecule has 1 fully saturated rings. The van der Waals surface area contributed by atoms with Crippen molar-refractivity contribution >= 4 is 39.1 Å². The standard InChI is InChI=1S/C11H13BrN2O2S/c12-7-10(15)13-2-4-14(5-3-13)11(16)9-1-6-17-8-9/h1,6,8H,2-5,7H2. The molecule has 0 N–H and O–H groups in total. The predicted octanol–water partition coefficient (Wildman–Crippen LogP) is 1.43. The number of thiophene rings is 1. The maximum Gasteiger partial charge on any atom is 0.254 e. The Hall–Kier alpha value is -0.880. The number of halogens is 1. The maximum absolute atomic E-state index is 12.0. The second-order valence-corrected chi connectivity index (χ2v) is 5.16. The van der Waals surface area contributed by atoms with Gasteiger partial charge in [0.05, 0.1) is 10.9 Å². The van der Waals surface area contributed by atoms with Crippen LogP contribution in [0.1, 0.15) is 10.4 Å². The molecule has 1 aliphatic heterocycles. The van der Waals surface area contributed by atoms with Crippen LogP contribution in [0, 0.1) is 0 Å². The van der Waals surface area contributed by atoms with Gasteiger partial charge in [0.15, 0.2) is 0 Å². The van der Waals surface area contributed by atoms with E-state index < -0.39 is 0 Å². The highest BCUT2D eigenvalue weighted by Gasteiger charge is 2.24. The fraction of sp³-hybridized carbons (Fsp3) is 0.455. The van der Waals surface area contributed by atoms with Crippen LogP contribution in [0.2, 0.25) is 0 Å². The van der Waals surface area contributed by atoms with E-state index in [0.717, 1.165) is 5.56 Å². The van der Waals surface area contributed by atoms with Crippen molar-refractivity contribution in [1.29, 1.82) is 0 Å². The zero-order valence-electron chi connectivity index (χ0n) is 9.26. The number of hydrogen-bond acceptors (Lipinski definition) is 3. The van der Waals surface area contributed by atoms with Crippen LogP contribution in [-0.4, -0.2) is 53.1 Å². The van der Waals surface area contributed by atoms with Crippen molar-refractivity contribution in [3.8, 4) is 0 Å². The molecule has 1 aromatic rings. The molecule has 6 heteroatoms. The molecule has 2 heterocycles. The minimum absolute atomic E-state index is 0.0668. The Labute approximate surface area is 112 Å². The highest BCUT2D eigenvalue weighted by Crippen LogP contribution is 2.12. The van der Waals surface area contributed by atoms with Crippen LogP contribution in [0.15, 0.2) is 16.8 Å². The second-order valence-electron chi connectivity index (χ2n) is 3.82. The molecule has 1 saturated heterocycles. The first kappa shape index (κ1) is 12.6. The summed E-state index contributed by atoms with van der Waals surface area (Å²) < 4.78 is 0. The van der Waals surface area contributed by atoms with Crippen molar-refractivity contribution in [2.45, 2.75) is 0 Å². The molecule has 1 aromatic heterocycles. The Morgan fingerprint density at radius 2 is 1.88 bits per heavy atom. The van der Waals surface area contributed by atoms with E-state index in [-0.39, 0.29) is 11.8 Å². The first-order valence-corrected chi connectivity index (χ1v) is 7.44. The Bertz CT molecular complexity index is 400. The fourth-order valence-corrected chi connectivity index (χ4v) is 2.80. The van der Waals surface area contributed by atoms with Gasteiger partial charge in [-0.05, 0) is 11.4 Å². The van der Waals surface area contributed by atoms with E-state index >= 15 is 0 Å². The Balaban J connectivity index is 1.91. The van der Waals surface area contributed by atoms with Crippen molar-refractivity contribution in [3.63, 3.8) is 0 Å². The topological polar surface area (TPSA) is 40.6 Å². The van der Waals surface area contributed by atoms with E-state index in [2.05, 4.69) is 15.9 Å². The van der Waals surface area contributed by atoms with Crippen LogP contribution in [0.25, 0.3) is 0 Å². The molecule has 0 aromatic carbocycles. The summed E-state index contributed by atoms with van der Waals surface area (Å²) in [7, 11) is 0. The predicted molar refractivity (Wildman–Crippen MR) is 70.6 cm³/mol. The highest BCUT2D eigenvalue weighted by atomic mass is 79.9. The highest BCUT2D eigenvalue weighted by molar-refractivity contribution is 9.09. The number of alkyl halides is 1. The lowest BCUT2D eigenvalue weighted by Gasteiger charge is -2.34. The molecule has 0 atom stereocenters. The molecule has 0 bridgehead atoms. The summed E-state index contributed by atoms with van der Waals surface area (Å²) in [5.41, 5.74) is 0.746. The lowest BCUT2D eigenvalue weighted by Crippen LogP contribution is -2.50. The summed E-state index contributed by atoms with van der Waals surface area (Å²) >= 11 is 4.68. The minimum atomic E-state index is 0.0668. The van der Waals surface area contributed by atoms with E-state index in [1.54, 1.807) is 9.80 Å². The molecule has 0 spiro atoms. The molecular weight excluding hydrogens is 304 g/mol. The smallest absolute Gasteiger partial charge is 0.254 e. The van der Waals surface area contributed by atoms with Gasteiger partial charge in [-0.25, -0.2) is 0 Å². The molecular formula is C11H13BrN2O2S. The molecule has 4 nitrogen and oxygen atoms in total. The third-order valence-electron chi connectivity index (χ3n) is 2.80. The summed E-state index contributed by atoms with van der Waals surface area (Å²) in [6, 6.07) is 1.84. The van der Waals surface area contributed by atoms with Gasteiger partial charge in [-0.1, -0.05) is 15.9 Å². The van der Waals surface area contributed by atoms with Crippen LogP contribution >= 0.6 is 27.3 Å². The molecule has 92 valence electrons. The van der Waals surface area contributed by atoms with Crippen molar-refractivity contribution in [1.82, 2.24) is 9.80 Å². The minimum Gasteiger partial charge on any atom is -0.338 e. The molecule has 17 heavy (non-hydrogen) atoms. The monoisotopic (exact) mass is 316 g/mol. The van der Waals surface area contributed by atoms with Gasteiger partial charge in [0.25, 0.3) is 5.91 Å². The Morgan fingerprint density at radius 3 is 2.41 bits per heavy atom. The van der Waals surface area contributed by atoms with E-state index in [4.69, 9.17) is 0 Å². The van der Waals surface area contributed by atoms with E-state index in [1.165, 1.54) is 11.3 Å². The molecule has 2 amide bonds. The Morgan fingerprint density at radius 1 is 1.24 bits per heavy atom. The zero-order valence-corrected chi connectivity index (χ0v) is 11.7. The van der Waals surface area contributed by atoms with Crippen LogP contribution in [0.3, 0.4) is 0 Å². The lowest BCUT2D eigenvalue weighted by atomic mass is 10.2. The first-order chi connectivity index (χ1) is 8.22. The molecule has 0 unspecified atom stereocenters. The molecule has 0 radical (unpaired) electrons. The van der Waals surface area contributed by atoms with Gasteiger partial charge < -0.3 is 9.80 Å². The van der Waals surface area contributed by atoms with Gasteiger partial charge in [-0.2, -0.15) is 11.3 Å². The van der Waals surface area contributed by atoms with Crippen LogP contribution in [0.4, 0.5) is 0 Å². The van der Waals surface area contributed by atoms with Crippen LogP contribution in [0.5, 0.6) is 0 Å². The SMILES string of the molecule is O=C(CBr)N1CCN(C(=O)c2ccsc2)CC1. The first-order valence-electron chi connectivity index (χ1n) is 5.37. The van der Waals surface area contributed by atoms with Crippen LogP contribution in [-0.2, 0) is 4.79 Å². The number of carbonyl (C=O) groups is 2. The quantitative estimate of drug-likeness (QED) is 0.774. The van der Waals surface area contributed by atoms with E-state index in [1.807, 2.05) is 16.8 Å². The molecule has 2 rings (SSSR count). The number of carbonyl (C=O) groups excluding carboxylic acids is 2. The molecule has 1 aliphatic rings. The Kier molecular flexibility index (Phi) is 4.17. The second kappa shape index (κ2) is 5.64. The fourth-order valence-electron chi connectivity index (χ4n) is 1.81. The average Bonchev–Trinajstić information content (AvgIpc) is 2.91. The summed E-state index contributed by atoms with van der Waals surface area (Å²) in [6.07, 6.45) is 0. The summed E-state index contributed by atoms with van der Waals surface area (Å²) in [6.45, 7) is 2.49. The summed E-state index contributed by atoms with van der Waals surface area (Å²) in [5.74, 6) is 0.157. The normalized spacial score (nSPS) is 16.1. The molecule has 0 aliphatic carbocycles. The van der Waals surface area contributed by atoms with Crippen molar-refractivity contribution in [3.05, 3.63) is 22.4 Å². The number of rotatable bonds is 2. The third kappa shape index (κ3) is 2.87. The van der Waals surface area contributed by atoms with Crippen LogP contribution < -0.4 is 0 Å². The zero-order chi connectivity index (χ0) is 12.3. The van der Waals surface area contributed by atoms with Crippen molar-refractivity contribution < 1.29 is 9.59 Å². The van der Waals surface area contributed by atoms with Gasteiger partial charge in [-0.3, -0.25) is 9.59 Å². The van der Waals surface area contributed by atoms with E-state index in [9.17, 15) is 9.59 Å². The summed E-state index contributed by atoms with van der Waals surface area (Å²) in [5, 5.41) is 4.11. The number of amides is 2. The number of piperazine rings is 1. The average molecular weight is 317 g/mol. The van der Waals surface area contributed by atoms with Gasteiger partial charge in [-0.15, -0.1) is 0 Å². The maximum atomic E-state index is 12.0.